The molecule has 3 N–H and O–H groups in total. The highest BCUT2D eigenvalue weighted by atomic mass is 35.5. The first kappa shape index (κ1) is 25.4. The Bertz CT molecular complexity index is 674. The Morgan fingerprint density at radius 1 is 1.24 bits per heavy atom. The van der Waals surface area contributed by atoms with Gasteiger partial charge in [0.2, 0.25) is 11.8 Å². The number of amides is 2. The third kappa shape index (κ3) is 7.30. The van der Waals surface area contributed by atoms with E-state index in [4.69, 9.17) is 5.73 Å². The van der Waals surface area contributed by atoms with E-state index in [9.17, 15) is 9.59 Å². The molecule has 1 aromatic heterocycles. The molecule has 1 saturated heterocycles. The first-order chi connectivity index (χ1) is 13.3. The Kier molecular flexibility index (Phi) is 10.7. The highest BCUT2D eigenvalue weighted by molar-refractivity contribution is 5.85. The van der Waals surface area contributed by atoms with Crippen molar-refractivity contribution >= 4 is 24.2 Å². The summed E-state index contributed by atoms with van der Waals surface area (Å²) in [5, 5.41) is 7.58. The average molecular weight is 428 g/mol. The number of carbonyl (C=O) groups is 2. The molecule has 7 nitrogen and oxygen atoms in total. The maximum absolute atomic E-state index is 12.9. The second kappa shape index (κ2) is 12.2. The van der Waals surface area contributed by atoms with Crippen molar-refractivity contribution in [3.05, 3.63) is 17.0 Å². The third-order valence-corrected chi connectivity index (χ3v) is 5.51. The molecule has 0 aromatic carbocycles. The van der Waals surface area contributed by atoms with E-state index >= 15 is 0 Å². The van der Waals surface area contributed by atoms with Crippen molar-refractivity contribution in [3.8, 4) is 0 Å². The smallest absolute Gasteiger partial charge is 0.223 e. The molecule has 29 heavy (non-hydrogen) atoms. The molecular formula is C21H38ClN5O2. The highest BCUT2D eigenvalue weighted by Crippen LogP contribution is 2.21. The van der Waals surface area contributed by atoms with Crippen LogP contribution >= 0.6 is 12.4 Å². The van der Waals surface area contributed by atoms with Gasteiger partial charge in [0.15, 0.2) is 0 Å². The fourth-order valence-corrected chi connectivity index (χ4v) is 3.99. The zero-order chi connectivity index (χ0) is 20.7. The van der Waals surface area contributed by atoms with Crippen LogP contribution in [0.1, 0.15) is 62.9 Å². The fraction of sp³-hybridized carbons (Fsp3) is 0.762. The summed E-state index contributed by atoms with van der Waals surface area (Å²) in [6.45, 7) is 11.0. The van der Waals surface area contributed by atoms with Crippen molar-refractivity contribution in [1.82, 2.24) is 20.0 Å². The summed E-state index contributed by atoms with van der Waals surface area (Å²) in [7, 11) is 0. The molecule has 1 aliphatic rings. The molecule has 0 radical (unpaired) electrons. The molecule has 1 fully saturated rings. The van der Waals surface area contributed by atoms with E-state index in [0.717, 1.165) is 44.5 Å². The molecule has 166 valence electrons. The number of hydrogen-bond acceptors (Lipinski definition) is 4. The lowest BCUT2D eigenvalue weighted by Gasteiger charge is -2.36. The lowest BCUT2D eigenvalue weighted by Crippen LogP contribution is -2.49. The predicted octanol–water partition coefficient (Wildman–Crippen LogP) is 2.36. The van der Waals surface area contributed by atoms with E-state index in [0.29, 0.717) is 31.8 Å². The van der Waals surface area contributed by atoms with Gasteiger partial charge >= 0.3 is 0 Å². The number of hydrogen-bond donors (Lipinski definition) is 2. The molecule has 1 aromatic rings. The molecule has 1 aliphatic heterocycles. The molecule has 2 amide bonds. The molecule has 0 spiro atoms. The van der Waals surface area contributed by atoms with Gasteiger partial charge in [0, 0.05) is 50.8 Å². The highest BCUT2D eigenvalue weighted by Gasteiger charge is 2.27. The number of rotatable bonds is 9. The van der Waals surface area contributed by atoms with E-state index < -0.39 is 0 Å². The van der Waals surface area contributed by atoms with Crippen molar-refractivity contribution < 1.29 is 9.59 Å². The Balaban J connectivity index is 0.00000420. The first-order valence-corrected chi connectivity index (χ1v) is 10.6. The van der Waals surface area contributed by atoms with Crippen LogP contribution in [0.3, 0.4) is 0 Å². The van der Waals surface area contributed by atoms with Gasteiger partial charge in [-0.15, -0.1) is 12.4 Å². The Labute approximate surface area is 181 Å². The van der Waals surface area contributed by atoms with E-state index in [-0.39, 0.29) is 30.3 Å². The SMILES string of the molecule is Cc1nn(CC(C)C)c(C)c1CCC(=O)N1CCCCC1CNC(=O)CCN.Cl. The van der Waals surface area contributed by atoms with Gasteiger partial charge in [0.1, 0.15) is 0 Å². The zero-order valence-corrected chi connectivity index (χ0v) is 19.2. The molecular weight excluding hydrogens is 390 g/mol. The number of halogens is 1. The van der Waals surface area contributed by atoms with Gasteiger partial charge in [0.05, 0.1) is 5.69 Å². The molecule has 0 aliphatic carbocycles. The number of nitrogens with zero attached hydrogens (tertiary/aromatic N) is 3. The van der Waals surface area contributed by atoms with Crippen LogP contribution in [-0.4, -0.2) is 52.2 Å². The van der Waals surface area contributed by atoms with E-state index in [1.54, 1.807) is 0 Å². The zero-order valence-electron chi connectivity index (χ0n) is 18.4. The summed E-state index contributed by atoms with van der Waals surface area (Å²) < 4.78 is 2.07. The summed E-state index contributed by atoms with van der Waals surface area (Å²) in [5.74, 6) is 0.675. The van der Waals surface area contributed by atoms with E-state index in [2.05, 4.69) is 35.9 Å². The Hall–Kier alpha value is -1.60. The first-order valence-electron chi connectivity index (χ1n) is 10.6. The van der Waals surface area contributed by atoms with Gasteiger partial charge in [-0.2, -0.15) is 5.10 Å². The van der Waals surface area contributed by atoms with Gasteiger partial charge in [-0.05, 0) is 51.0 Å². The van der Waals surface area contributed by atoms with Gasteiger partial charge in [-0.3, -0.25) is 14.3 Å². The van der Waals surface area contributed by atoms with E-state index in [1.165, 1.54) is 11.3 Å². The number of nitrogens with one attached hydrogen (secondary N) is 1. The Morgan fingerprint density at radius 2 is 1.97 bits per heavy atom. The standard InChI is InChI=1S/C21H37N5O2.ClH/c1-15(2)14-26-17(4)19(16(3)24-26)8-9-21(28)25-12-6-5-7-18(25)13-23-20(27)10-11-22;/h15,18H,5-14,22H2,1-4H3,(H,23,27);1H. The molecule has 0 saturated carbocycles. The largest absolute Gasteiger partial charge is 0.354 e. The summed E-state index contributed by atoms with van der Waals surface area (Å²) in [6, 6.07) is 0.0915. The van der Waals surface area contributed by atoms with Crippen molar-refractivity contribution in [3.63, 3.8) is 0 Å². The van der Waals surface area contributed by atoms with E-state index in [1.807, 2.05) is 11.8 Å². The van der Waals surface area contributed by atoms with Crippen molar-refractivity contribution in [2.75, 3.05) is 19.6 Å². The number of carbonyl (C=O) groups excluding carboxylic acids is 2. The second-order valence-corrected chi connectivity index (χ2v) is 8.30. The third-order valence-electron chi connectivity index (χ3n) is 5.51. The minimum Gasteiger partial charge on any atom is -0.354 e. The second-order valence-electron chi connectivity index (χ2n) is 8.30. The minimum atomic E-state index is -0.0377. The predicted molar refractivity (Wildman–Crippen MR) is 118 cm³/mol. The number of piperidine rings is 1. The van der Waals surface area contributed by atoms with Crippen molar-refractivity contribution in [2.24, 2.45) is 11.7 Å². The summed E-state index contributed by atoms with van der Waals surface area (Å²) in [4.78, 5) is 26.6. The monoisotopic (exact) mass is 427 g/mol. The van der Waals surface area contributed by atoms with Gasteiger partial charge in [-0.25, -0.2) is 0 Å². The lowest BCUT2D eigenvalue weighted by atomic mass is 10.00. The molecule has 8 heteroatoms. The average Bonchev–Trinajstić information content (AvgIpc) is 2.91. The van der Waals surface area contributed by atoms with Crippen LogP contribution in [0.2, 0.25) is 0 Å². The quantitative estimate of drug-likeness (QED) is 0.632. The van der Waals surface area contributed by atoms with Gasteiger partial charge in [0.25, 0.3) is 0 Å². The fourth-order valence-electron chi connectivity index (χ4n) is 3.99. The number of aromatic nitrogens is 2. The molecule has 1 unspecified atom stereocenters. The van der Waals surface area contributed by atoms with Crippen LogP contribution in [-0.2, 0) is 22.6 Å². The molecule has 1 atom stereocenters. The Morgan fingerprint density at radius 3 is 2.62 bits per heavy atom. The number of nitrogens with two attached hydrogens (primary N) is 1. The summed E-state index contributed by atoms with van der Waals surface area (Å²) in [5.41, 5.74) is 8.82. The summed E-state index contributed by atoms with van der Waals surface area (Å²) in [6.07, 6.45) is 4.61. The maximum atomic E-state index is 12.9. The van der Waals surface area contributed by atoms with Crippen LogP contribution in [0.25, 0.3) is 0 Å². The van der Waals surface area contributed by atoms with Crippen molar-refractivity contribution in [2.45, 2.75) is 78.8 Å². The summed E-state index contributed by atoms with van der Waals surface area (Å²) >= 11 is 0. The van der Waals surface area contributed by atoms with Gasteiger partial charge < -0.3 is 16.0 Å². The number of likely N-dealkylation sites (tertiary alicyclic amines) is 1. The van der Waals surface area contributed by atoms with Crippen LogP contribution in [0.4, 0.5) is 0 Å². The van der Waals surface area contributed by atoms with Crippen molar-refractivity contribution in [1.29, 1.82) is 0 Å². The molecule has 0 bridgehead atoms. The van der Waals surface area contributed by atoms with Crippen LogP contribution in [0, 0.1) is 19.8 Å². The molecule has 2 rings (SSSR count). The molecule has 2 heterocycles. The normalized spacial score (nSPS) is 16.6. The topological polar surface area (TPSA) is 93.2 Å². The van der Waals surface area contributed by atoms with Gasteiger partial charge in [-0.1, -0.05) is 13.8 Å². The minimum absolute atomic E-state index is 0. The maximum Gasteiger partial charge on any atom is 0.223 e. The van der Waals surface area contributed by atoms with Crippen LogP contribution < -0.4 is 11.1 Å². The number of aryl methyl sites for hydroxylation is 1. The lowest BCUT2D eigenvalue weighted by molar-refractivity contribution is -0.135. The van der Waals surface area contributed by atoms with Crippen LogP contribution in [0.5, 0.6) is 0 Å². The van der Waals surface area contributed by atoms with Crippen LogP contribution in [0.15, 0.2) is 0 Å².